The quantitative estimate of drug-likeness (QED) is 0.867. The minimum absolute atomic E-state index is 0.00483. The first kappa shape index (κ1) is 19.5. The van der Waals surface area contributed by atoms with Gasteiger partial charge in [0.05, 0.1) is 4.90 Å². The fourth-order valence-corrected chi connectivity index (χ4v) is 4.90. The van der Waals surface area contributed by atoms with Crippen LogP contribution in [0.3, 0.4) is 0 Å². The summed E-state index contributed by atoms with van der Waals surface area (Å²) in [5.41, 5.74) is 2.81. The van der Waals surface area contributed by atoms with Gasteiger partial charge in [-0.25, -0.2) is 12.8 Å². The second-order valence-corrected chi connectivity index (χ2v) is 8.76. The number of carbonyl (C=O) groups is 1. The van der Waals surface area contributed by atoms with E-state index in [0.29, 0.717) is 18.5 Å². The van der Waals surface area contributed by atoms with E-state index in [-0.39, 0.29) is 17.3 Å². The smallest absolute Gasteiger partial charge is 0.243 e. The Labute approximate surface area is 159 Å². The Morgan fingerprint density at radius 1 is 1.07 bits per heavy atom. The van der Waals surface area contributed by atoms with Gasteiger partial charge < -0.3 is 5.32 Å². The molecular formula is C20H23FN2O3S. The summed E-state index contributed by atoms with van der Waals surface area (Å²) in [6.07, 6.45) is 1.92. The standard InChI is InChI=1S/C20H23FN2O3S/c1-14-6-9-17(13-15(14)2)22-20(24)19-5-3-4-12-23(19)27(25,26)18-10-7-16(21)8-11-18/h6-11,13,19H,3-5,12H2,1-2H3,(H,22,24)/t19-/m0/s1. The molecule has 0 aromatic heterocycles. The fourth-order valence-electron chi connectivity index (χ4n) is 3.24. The van der Waals surface area contributed by atoms with Gasteiger partial charge in [0.25, 0.3) is 0 Å². The van der Waals surface area contributed by atoms with Crippen molar-refractivity contribution < 1.29 is 17.6 Å². The van der Waals surface area contributed by atoms with Gasteiger partial charge in [0.2, 0.25) is 15.9 Å². The molecule has 144 valence electrons. The predicted octanol–water partition coefficient (Wildman–Crippen LogP) is 3.62. The number of hydrogen-bond acceptors (Lipinski definition) is 3. The van der Waals surface area contributed by atoms with E-state index in [0.717, 1.165) is 29.7 Å². The van der Waals surface area contributed by atoms with E-state index in [4.69, 9.17) is 0 Å². The average molecular weight is 390 g/mol. The Balaban J connectivity index is 1.85. The topological polar surface area (TPSA) is 66.5 Å². The molecule has 1 aliphatic rings. The minimum atomic E-state index is -3.87. The third-order valence-corrected chi connectivity index (χ3v) is 6.87. The van der Waals surface area contributed by atoms with Gasteiger partial charge in [0, 0.05) is 12.2 Å². The van der Waals surface area contributed by atoms with Gasteiger partial charge in [-0.1, -0.05) is 12.5 Å². The molecule has 0 aliphatic carbocycles. The summed E-state index contributed by atoms with van der Waals surface area (Å²) in [5.74, 6) is -0.847. The molecule has 1 aliphatic heterocycles. The van der Waals surface area contributed by atoms with E-state index in [1.54, 1.807) is 0 Å². The van der Waals surface area contributed by atoms with Crippen molar-refractivity contribution in [2.45, 2.75) is 44.0 Å². The Morgan fingerprint density at radius 2 is 1.78 bits per heavy atom. The average Bonchev–Trinajstić information content (AvgIpc) is 2.65. The lowest BCUT2D eigenvalue weighted by atomic mass is 10.0. The fraction of sp³-hybridized carbons (Fsp3) is 0.350. The molecule has 27 heavy (non-hydrogen) atoms. The molecule has 0 saturated carbocycles. The normalized spacial score (nSPS) is 18.3. The second-order valence-electron chi connectivity index (χ2n) is 6.87. The Hall–Kier alpha value is -2.25. The summed E-state index contributed by atoms with van der Waals surface area (Å²) in [6, 6.07) is 9.50. The molecule has 0 unspecified atom stereocenters. The zero-order valence-corrected chi connectivity index (χ0v) is 16.2. The number of carbonyl (C=O) groups excluding carboxylic acids is 1. The molecule has 0 bridgehead atoms. The molecular weight excluding hydrogens is 367 g/mol. The van der Waals surface area contributed by atoms with Crippen molar-refractivity contribution in [3.05, 3.63) is 59.4 Å². The summed E-state index contributed by atoms with van der Waals surface area (Å²) < 4.78 is 40.4. The van der Waals surface area contributed by atoms with Gasteiger partial charge in [0.1, 0.15) is 11.9 Å². The number of nitrogens with zero attached hydrogens (tertiary/aromatic N) is 1. The first-order valence-electron chi connectivity index (χ1n) is 8.94. The minimum Gasteiger partial charge on any atom is -0.325 e. The number of rotatable bonds is 4. The van der Waals surface area contributed by atoms with Crippen molar-refractivity contribution in [2.24, 2.45) is 0 Å². The lowest BCUT2D eigenvalue weighted by Gasteiger charge is -2.33. The van der Waals surface area contributed by atoms with Crippen LogP contribution < -0.4 is 5.32 Å². The number of piperidine rings is 1. The number of sulfonamides is 1. The van der Waals surface area contributed by atoms with E-state index >= 15 is 0 Å². The highest BCUT2D eigenvalue weighted by Gasteiger charge is 2.37. The van der Waals surface area contributed by atoms with Crippen LogP contribution in [0.15, 0.2) is 47.4 Å². The summed E-state index contributed by atoms with van der Waals surface area (Å²) in [6.45, 7) is 4.21. The van der Waals surface area contributed by atoms with E-state index < -0.39 is 21.9 Å². The van der Waals surface area contributed by atoms with Gasteiger partial charge in [-0.3, -0.25) is 4.79 Å². The first-order valence-corrected chi connectivity index (χ1v) is 10.4. The molecule has 3 rings (SSSR count). The van der Waals surface area contributed by atoms with Crippen LogP contribution in [0, 0.1) is 19.7 Å². The Bertz CT molecular complexity index is 942. The maximum absolute atomic E-state index is 13.2. The molecule has 7 heteroatoms. The summed E-state index contributed by atoms with van der Waals surface area (Å²) in [7, 11) is -3.87. The highest BCUT2D eigenvalue weighted by molar-refractivity contribution is 7.89. The van der Waals surface area contributed by atoms with Gasteiger partial charge in [-0.15, -0.1) is 0 Å². The van der Waals surface area contributed by atoms with Crippen LogP contribution in [0.25, 0.3) is 0 Å². The van der Waals surface area contributed by atoms with Gasteiger partial charge in [-0.2, -0.15) is 4.31 Å². The Morgan fingerprint density at radius 3 is 2.44 bits per heavy atom. The van der Waals surface area contributed by atoms with Crippen molar-refractivity contribution in [2.75, 3.05) is 11.9 Å². The van der Waals surface area contributed by atoms with Crippen LogP contribution in [-0.2, 0) is 14.8 Å². The number of amides is 1. The number of nitrogens with one attached hydrogen (secondary N) is 1. The largest absolute Gasteiger partial charge is 0.325 e. The molecule has 5 nitrogen and oxygen atoms in total. The van der Waals surface area contributed by atoms with Crippen LogP contribution in [0.1, 0.15) is 30.4 Å². The van der Waals surface area contributed by atoms with Crippen molar-refractivity contribution >= 4 is 21.6 Å². The van der Waals surface area contributed by atoms with E-state index in [9.17, 15) is 17.6 Å². The number of aryl methyl sites for hydroxylation is 2. The molecule has 1 heterocycles. The molecule has 1 amide bonds. The maximum Gasteiger partial charge on any atom is 0.243 e. The molecule has 2 aromatic carbocycles. The molecule has 0 spiro atoms. The van der Waals surface area contributed by atoms with Crippen molar-refractivity contribution in [1.29, 1.82) is 0 Å². The second kappa shape index (κ2) is 7.78. The molecule has 1 N–H and O–H groups in total. The number of benzene rings is 2. The highest BCUT2D eigenvalue weighted by atomic mass is 32.2. The highest BCUT2D eigenvalue weighted by Crippen LogP contribution is 2.27. The lowest BCUT2D eigenvalue weighted by molar-refractivity contribution is -0.120. The van der Waals surface area contributed by atoms with E-state index in [1.807, 2.05) is 32.0 Å². The first-order chi connectivity index (χ1) is 12.8. The van der Waals surface area contributed by atoms with E-state index in [2.05, 4.69) is 5.32 Å². The van der Waals surface area contributed by atoms with Crippen LogP contribution in [-0.4, -0.2) is 31.2 Å². The monoisotopic (exact) mass is 390 g/mol. The lowest BCUT2D eigenvalue weighted by Crippen LogP contribution is -2.49. The van der Waals surface area contributed by atoms with Crippen LogP contribution >= 0.6 is 0 Å². The molecule has 1 saturated heterocycles. The van der Waals surface area contributed by atoms with Crippen molar-refractivity contribution in [1.82, 2.24) is 4.31 Å². The molecule has 2 aromatic rings. The molecule has 1 atom stereocenters. The third-order valence-electron chi connectivity index (χ3n) is 4.95. The zero-order valence-electron chi connectivity index (χ0n) is 15.4. The summed E-state index contributed by atoms with van der Waals surface area (Å²) in [4.78, 5) is 12.8. The Kier molecular flexibility index (Phi) is 5.62. The SMILES string of the molecule is Cc1ccc(NC(=O)[C@@H]2CCCCN2S(=O)(=O)c2ccc(F)cc2)cc1C. The zero-order chi connectivity index (χ0) is 19.6. The van der Waals surface area contributed by atoms with Crippen LogP contribution in [0.4, 0.5) is 10.1 Å². The third kappa shape index (κ3) is 4.20. The summed E-state index contributed by atoms with van der Waals surface area (Å²) in [5, 5.41) is 2.84. The summed E-state index contributed by atoms with van der Waals surface area (Å²) >= 11 is 0. The van der Waals surface area contributed by atoms with E-state index in [1.165, 1.54) is 16.4 Å². The number of hydrogen-bond donors (Lipinski definition) is 1. The van der Waals surface area contributed by atoms with Crippen molar-refractivity contribution in [3.63, 3.8) is 0 Å². The van der Waals surface area contributed by atoms with Gasteiger partial charge in [-0.05, 0) is 74.2 Å². The number of halogens is 1. The van der Waals surface area contributed by atoms with Crippen LogP contribution in [0.5, 0.6) is 0 Å². The number of anilines is 1. The molecule has 1 fully saturated rings. The predicted molar refractivity (Wildman–Crippen MR) is 102 cm³/mol. The van der Waals surface area contributed by atoms with Gasteiger partial charge in [0.15, 0.2) is 0 Å². The van der Waals surface area contributed by atoms with Crippen molar-refractivity contribution in [3.8, 4) is 0 Å². The molecule has 0 radical (unpaired) electrons. The maximum atomic E-state index is 13.2. The van der Waals surface area contributed by atoms with Crippen LogP contribution in [0.2, 0.25) is 0 Å². The van der Waals surface area contributed by atoms with Gasteiger partial charge >= 0.3 is 0 Å².